The van der Waals surface area contributed by atoms with Crippen molar-refractivity contribution < 1.29 is 4.74 Å². The Hall–Kier alpha value is -1.62. The maximum absolute atomic E-state index is 5.69. The van der Waals surface area contributed by atoms with Gasteiger partial charge in [-0.2, -0.15) is 4.98 Å². The van der Waals surface area contributed by atoms with E-state index in [9.17, 15) is 0 Å². The normalized spacial score (nSPS) is 10.1. The second-order valence-electron chi connectivity index (χ2n) is 3.69. The van der Waals surface area contributed by atoms with Crippen LogP contribution in [-0.4, -0.2) is 16.5 Å². The van der Waals surface area contributed by atoms with Crippen molar-refractivity contribution in [1.29, 1.82) is 0 Å². The predicted octanol–water partition coefficient (Wildman–Crippen LogP) is 3.85. The molecule has 0 aliphatic heterocycles. The molecule has 2 aromatic rings. The molecular formula is C13H14BrN3O. The summed E-state index contributed by atoms with van der Waals surface area (Å²) < 4.78 is 6.42. The van der Waals surface area contributed by atoms with Gasteiger partial charge in [-0.3, -0.25) is 0 Å². The number of halogens is 1. The van der Waals surface area contributed by atoms with Gasteiger partial charge >= 0.3 is 0 Å². The van der Waals surface area contributed by atoms with Crippen molar-refractivity contribution in [3.63, 3.8) is 0 Å². The summed E-state index contributed by atoms with van der Waals surface area (Å²) in [4.78, 5) is 8.48. The van der Waals surface area contributed by atoms with E-state index < -0.39 is 0 Å². The average molecular weight is 308 g/mol. The molecule has 0 atom stereocenters. The van der Waals surface area contributed by atoms with Gasteiger partial charge in [0.1, 0.15) is 5.75 Å². The molecule has 0 spiro atoms. The Labute approximate surface area is 115 Å². The van der Waals surface area contributed by atoms with Crippen LogP contribution in [-0.2, 0) is 0 Å². The molecule has 5 heteroatoms. The van der Waals surface area contributed by atoms with Crippen LogP contribution in [0.1, 0.15) is 13.3 Å². The first-order valence-corrected chi connectivity index (χ1v) is 6.58. The van der Waals surface area contributed by atoms with E-state index in [4.69, 9.17) is 4.74 Å². The summed E-state index contributed by atoms with van der Waals surface area (Å²) in [6, 6.07) is 9.54. The standard InChI is InChI=1S/C13H14BrN3O/c1-2-8-15-13-16-9-11(14)12(17-13)18-10-6-4-3-5-7-10/h3-7,9H,2,8H2,1H3,(H,15,16,17). The van der Waals surface area contributed by atoms with E-state index in [-0.39, 0.29) is 0 Å². The van der Waals surface area contributed by atoms with Crippen molar-refractivity contribution in [2.45, 2.75) is 13.3 Å². The molecule has 0 fully saturated rings. The molecule has 0 aliphatic carbocycles. The number of anilines is 1. The van der Waals surface area contributed by atoms with Crippen LogP contribution in [0.2, 0.25) is 0 Å². The van der Waals surface area contributed by atoms with Crippen LogP contribution in [0.15, 0.2) is 41.0 Å². The fourth-order valence-electron chi connectivity index (χ4n) is 1.35. The van der Waals surface area contributed by atoms with Gasteiger partial charge < -0.3 is 10.1 Å². The van der Waals surface area contributed by atoms with Gasteiger partial charge in [0.05, 0.1) is 10.7 Å². The number of ether oxygens (including phenoxy) is 1. The van der Waals surface area contributed by atoms with Crippen LogP contribution >= 0.6 is 15.9 Å². The van der Waals surface area contributed by atoms with Crippen molar-refractivity contribution in [1.82, 2.24) is 9.97 Å². The van der Waals surface area contributed by atoms with E-state index in [1.807, 2.05) is 30.3 Å². The molecule has 1 N–H and O–H groups in total. The zero-order chi connectivity index (χ0) is 12.8. The van der Waals surface area contributed by atoms with Gasteiger partial charge in [-0.15, -0.1) is 0 Å². The molecule has 4 nitrogen and oxygen atoms in total. The fraction of sp³-hybridized carbons (Fsp3) is 0.231. The highest BCUT2D eigenvalue weighted by atomic mass is 79.9. The van der Waals surface area contributed by atoms with Gasteiger partial charge in [-0.1, -0.05) is 25.1 Å². The third-order valence-electron chi connectivity index (χ3n) is 2.20. The summed E-state index contributed by atoms with van der Waals surface area (Å²) in [5, 5.41) is 3.12. The molecule has 0 radical (unpaired) electrons. The number of rotatable bonds is 5. The third kappa shape index (κ3) is 3.43. The topological polar surface area (TPSA) is 47.0 Å². The Morgan fingerprint density at radius 3 is 2.78 bits per heavy atom. The van der Waals surface area contributed by atoms with Crippen molar-refractivity contribution in [2.75, 3.05) is 11.9 Å². The largest absolute Gasteiger partial charge is 0.438 e. The summed E-state index contributed by atoms with van der Waals surface area (Å²) in [5.74, 6) is 1.83. The van der Waals surface area contributed by atoms with Crippen LogP contribution in [0.3, 0.4) is 0 Å². The molecule has 2 rings (SSSR count). The Kier molecular flexibility index (Phi) is 4.52. The van der Waals surface area contributed by atoms with Crippen molar-refractivity contribution in [3.8, 4) is 11.6 Å². The molecule has 0 aliphatic rings. The lowest BCUT2D eigenvalue weighted by Crippen LogP contribution is -2.04. The van der Waals surface area contributed by atoms with E-state index in [1.54, 1.807) is 6.20 Å². The Morgan fingerprint density at radius 2 is 2.06 bits per heavy atom. The first-order valence-electron chi connectivity index (χ1n) is 5.79. The summed E-state index contributed by atoms with van der Waals surface area (Å²) >= 11 is 3.38. The van der Waals surface area contributed by atoms with Gasteiger partial charge in [-0.05, 0) is 34.5 Å². The maximum Gasteiger partial charge on any atom is 0.238 e. The quantitative estimate of drug-likeness (QED) is 0.911. The minimum absolute atomic E-state index is 0.509. The van der Waals surface area contributed by atoms with E-state index in [1.165, 1.54) is 0 Å². The zero-order valence-electron chi connectivity index (χ0n) is 10.1. The molecule has 1 aromatic carbocycles. The van der Waals surface area contributed by atoms with Gasteiger partial charge in [-0.25, -0.2) is 4.98 Å². The number of hydrogen-bond acceptors (Lipinski definition) is 4. The Balaban J connectivity index is 2.16. The lowest BCUT2D eigenvalue weighted by atomic mass is 10.3. The van der Waals surface area contributed by atoms with Crippen LogP contribution in [0.25, 0.3) is 0 Å². The first kappa shape index (κ1) is 12.8. The highest BCUT2D eigenvalue weighted by Gasteiger charge is 2.07. The van der Waals surface area contributed by atoms with E-state index >= 15 is 0 Å². The smallest absolute Gasteiger partial charge is 0.238 e. The third-order valence-corrected chi connectivity index (χ3v) is 2.75. The van der Waals surface area contributed by atoms with E-state index in [0.717, 1.165) is 23.2 Å². The highest BCUT2D eigenvalue weighted by molar-refractivity contribution is 9.10. The van der Waals surface area contributed by atoms with Crippen LogP contribution < -0.4 is 10.1 Å². The number of nitrogens with one attached hydrogen (secondary N) is 1. The number of benzene rings is 1. The number of para-hydroxylation sites is 1. The van der Waals surface area contributed by atoms with Gasteiger partial charge in [0.2, 0.25) is 11.8 Å². The average Bonchev–Trinajstić information content (AvgIpc) is 2.41. The molecule has 0 amide bonds. The Morgan fingerprint density at radius 1 is 1.28 bits per heavy atom. The van der Waals surface area contributed by atoms with Gasteiger partial charge in [0.25, 0.3) is 0 Å². The van der Waals surface area contributed by atoms with Crippen molar-refractivity contribution in [2.24, 2.45) is 0 Å². The summed E-state index contributed by atoms with van der Waals surface area (Å²) in [6.07, 6.45) is 2.71. The number of hydrogen-bond donors (Lipinski definition) is 1. The molecule has 0 saturated heterocycles. The monoisotopic (exact) mass is 307 g/mol. The van der Waals surface area contributed by atoms with Crippen LogP contribution in [0, 0.1) is 0 Å². The lowest BCUT2D eigenvalue weighted by molar-refractivity contribution is 0.459. The maximum atomic E-state index is 5.69. The summed E-state index contributed by atoms with van der Waals surface area (Å²) in [5.41, 5.74) is 0. The minimum atomic E-state index is 0.509. The SMILES string of the molecule is CCCNc1ncc(Br)c(Oc2ccccc2)n1. The Bertz CT molecular complexity index is 505. The molecule has 0 saturated carbocycles. The fourth-order valence-corrected chi connectivity index (χ4v) is 1.62. The molecule has 18 heavy (non-hydrogen) atoms. The van der Waals surface area contributed by atoms with Crippen LogP contribution in [0.4, 0.5) is 5.95 Å². The lowest BCUT2D eigenvalue weighted by Gasteiger charge is -2.08. The second kappa shape index (κ2) is 6.35. The molecular weight excluding hydrogens is 294 g/mol. The van der Waals surface area contributed by atoms with Gasteiger partial charge in [0.15, 0.2) is 0 Å². The van der Waals surface area contributed by atoms with Crippen LogP contribution in [0.5, 0.6) is 11.6 Å². The second-order valence-corrected chi connectivity index (χ2v) is 4.54. The summed E-state index contributed by atoms with van der Waals surface area (Å²) in [7, 11) is 0. The summed E-state index contributed by atoms with van der Waals surface area (Å²) in [6.45, 7) is 2.93. The zero-order valence-corrected chi connectivity index (χ0v) is 11.6. The number of aromatic nitrogens is 2. The predicted molar refractivity (Wildman–Crippen MR) is 75.0 cm³/mol. The molecule has 94 valence electrons. The van der Waals surface area contributed by atoms with Crippen molar-refractivity contribution >= 4 is 21.9 Å². The molecule has 1 heterocycles. The molecule has 0 bridgehead atoms. The first-order chi connectivity index (χ1) is 8.79. The highest BCUT2D eigenvalue weighted by Crippen LogP contribution is 2.27. The van der Waals surface area contributed by atoms with Crippen molar-refractivity contribution in [3.05, 3.63) is 41.0 Å². The van der Waals surface area contributed by atoms with E-state index in [0.29, 0.717) is 11.8 Å². The van der Waals surface area contributed by atoms with Gasteiger partial charge in [0, 0.05) is 6.54 Å². The molecule has 1 aromatic heterocycles. The molecule has 0 unspecified atom stereocenters. The number of nitrogens with zero attached hydrogens (tertiary/aromatic N) is 2. The van der Waals surface area contributed by atoms with E-state index in [2.05, 4.69) is 38.1 Å². The minimum Gasteiger partial charge on any atom is -0.438 e.